The minimum Gasteiger partial charge on any atom is -0.323 e. The standard InChI is InChI=1S/C11H11ClFN3/c1-7-4-16(11(5-13)2-3-11)10-8(7)9(12)14-6-15-10/h4,6H,2-3,5H2,1H3. The maximum Gasteiger partial charge on any atom is 0.145 e. The van der Waals surface area contributed by atoms with Gasteiger partial charge in [0.2, 0.25) is 0 Å². The third kappa shape index (κ3) is 1.19. The molecule has 1 aliphatic rings. The molecule has 0 spiro atoms. The van der Waals surface area contributed by atoms with Crippen LogP contribution in [0.5, 0.6) is 0 Å². The third-order valence-electron chi connectivity index (χ3n) is 3.31. The molecule has 84 valence electrons. The molecule has 2 aromatic rings. The minimum atomic E-state index is -0.371. The fourth-order valence-corrected chi connectivity index (χ4v) is 2.42. The Kier molecular flexibility index (Phi) is 1.98. The number of halogens is 2. The van der Waals surface area contributed by atoms with Crippen molar-refractivity contribution in [1.29, 1.82) is 0 Å². The molecule has 1 aliphatic carbocycles. The van der Waals surface area contributed by atoms with E-state index in [1.54, 1.807) is 0 Å². The van der Waals surface area contributed by atoms with Gasteiger partial charge in [-0.3, -0.25) is 0 Å². The van der Waals surface area contributed by atoms with Crippen LogP contribution in [0, 0.1) is 6.92 Å². The van der Waals surface area contributed by atoms with Crippen molar-refractivity contribution < 1.29 is 4.39 Å². The molecule has 0 bridgehead atoms. The molecular formula is C11H11ClFN3. The van der Waals surface area contributed by atoms with Crippen molar-refractivity contribution in [2.75, 3.05) is 6.67 Å². The Labute approximate surface area is 97.3 Å². The second-order valence-corrected chi connectivity index (χ2v) is 4.76. The normalized spacial score (nSPS) is 17.9. The Morgan fingerprint density at radius 1 is 1.50 bits per heavy atom. The van der Waals surface area contributed by atoms with Gasteiger partial charge in [-0.1, -0.05) is 11.6 Å². The molecule has 0 aromatic carbocycles. The third-order valence-corrected chi connectivity index (χ3v) is 3.60. The van der Waals surface area contributed by atoms with E-state index in [0.29, 0.717) is 5.15 Å². The molecule has 0 amide bonds. The van der Waals surface area contributed by atoms with Crippen LogP contribution < -0.4 is 0 Å². The SMILES string of the molecule is Cc1cn(C2(CF)CC2)c2ncnc(Cl)c12. The van der Waals surface area contributed by atoms with Crippen LogP contribution in [-0.2, 0) is 5.54 Å². The van der Waals surface area contributed by atoms with E-state index in [0.717, 1.165) is 29.4 Å². The van der Waals surface area contributed by atoms with E-state index in [9.17, 15) is 4.39 Å². The van der Waals surface area contributed by atoms with Gasteiger partial charge in [-0.25, -0.2) is 14.4 Å². The largest absolute Gasteiger partial charge is 0.323 e. The lowest BCUT2D eigenvalue weighted by Crippen LogP contribution is -2.18. The topological polar surface area (TPSA) is 30.7 Å². The number of aryl methyl sites for hydroxylation is 1. The van der Waals surface area contributed by atoms with E-state index >= 15 is 0 Å². The van der Waals surface area contributed by atoms with Crippen LogP contribution >= 0.6 is 11.6 Å². The van der Waals surface area contributed by atoms with Crippen LogP contribution in [0.15, 0.2) is 12.5 Å². The average Bonchev–Trinajstić information content (AvgIpc) is 2.99. The fraction of sp³-hybridized carbons (Fsp3) is 0.455. The van der Waals surface area contributed by atoms with Crippen LogP contribution in [0.4, 0.5) is 4.39 Å². The van der Waals surface area contributed by atoms with Gasteiger partial charge in [-0.2, -0.15) is 0 Å². The summed E-state index contributed by atoms with van der Waals surface area (Å²) in [5, 5.41) is 1.28. The smallest absolute Gasteiger partial charge is 0.145 e. The summed E-state index contributed by atoms with van der Waals surface area (Å²) in [6.45, 7) is 1.60. The Hall–Kier alpha value is -1.16. The molecule has 0 aliphatic heterocycles. The molecule has 0 saturated heterocycles. The molecule has 3 rings (SSSR count). The quantitative estimate of drug-likeness (QED) is 0.755. The summed E-state index contributed by atoms with van der Waals surface area (Å²) >= 11 is 6.03. The molecule has 5 heteroatoms. The molecule has 0 N–H and O–H groups in total. The van der Waals surface area contributed by atoms with E-state index < -0.39 is 0 Å². The number of aromatic nitrogens is 3. The first-order valence-corrected chi connectivity index (χ1v) is 5.60. The molecule has 2 heterocycles. The first-order chi connectivity index (χ1) is 7.68. The maximum absolute atomic E-state index is 13.1. The lowest BCUT2D eigenvalue weighted by Gasteiger charge is -2.13. The highest BCUT2D eigenvalue weighted by molar-refractivity contribution is 6.34. The molecular weight excluding hydrogens is 229 g/mol. The number of hydrogen-bond acceptors (Lipinski definition) is 2. The van der Waals surface area contributed by atoms with Gasteiger partial charge < -0.3 is 4.57 Å². The zero-order valence-corrected chi connectivity index (χ0v) is 9.63. The Bertz CT molecular complexity index is 560. The van der Waals surface area contributed by atoms with E-state index in [1.807, 2.05) is 17.7 Å². The fourth-order valence-electron chi connectivity index (χ4n) is 2.14. The van der Waals surface area contributed by atoms with Gasteiger partial charge >= 0.3 is 0 Å². The van der Waals surface area contributed by atoms with Gasteiger partial charge in [0.05, 0.1) is 10.9 Å². The van der Waals surface area contributed by atoms with Crippen molar-refractivity contribution in [3.05, 3.63) is 23.2 Å². The molecule has 0 atom stereocenters. The molecule has 2 aromatic heterocycles. The summed E-state index contributed by atoms with van der Waals surface area (Å²) in [6.07, 6.45) is 5.09. The Balaban J connectivity index is 2.31. The molecule has 0 radical (unpaired) electrons. The average molecular weight is 240 g/mol. The van der Waals surface area contributed by atoms with Crippen molar-refractivity contribution in [2.24, 2.45) is 0 Å². The van der Waals surface area contributed by atoms with Gasteiger partial charge in [0.15, 0.2) is 0 Å². The van der Waals surface area contributed by atoms with Crippen LogP contribution in [0.3, 0.4) is 0 Å². The Morgan fingerprint density at radius 2 is 2.25 bits per heavy atom. The summed E-state index contributed by atoms with van der Waals surface area (Å²) in [5.74, 6) is 0. The zero-order chi connectivity index (χ0) is 11.3. The summed E-state index contributed by atoms with van der Waals surface area (Å²) in [7, 11) is 0. The molecule has 1 fully saturated rings. The maximum atomic E-state index is 13.1. The van der Waals surface area contributed by atoms with Crippen LogP contribution in [0.2, 0.25) is 5.15 Å². The lowest BCUT2D eigenvalue weighted by atomic mass is 10.3. The van der Waals surface area contributed by atoms with Crippen LogP contribution in [0.1, 0.15) is 18.4 Å². The number of rotatable bonds is 2. The van der Waals surface area contributed by atoms with E-state index in [4.69, 9.17) is 11.6 Å². The second-order valence-electron chi connectivity index (χ2n) is 4.40. The molecule has 0 unspecified atom stereocenters. The highest BCUT2D eigenvalue weighted by Gasteiger charge is 2.46. The van der Waals surface area contributed by atoms with Gasteiger partial charge in [-0.15, -0.1) is 0 Å². The van der Waals surface area contributed by atoms with E-state index in [2.05, 4.69) is 9.97 Å². The molecule has 3 nitrogen and oxygen atoms in total. The van der Waals surface area contributed by atoms with Gasteiger partial charge in [0.25, 0.3) is 0 Å². The van der Waals surface area contributed by atoms with Crippen LogP contribution in [-0.4, -0.2) is 21.2 Å². The van der Waals surface area contributed by atoms with Crippen molar-refractivity contribution in [3.63, 3.8) is 0 Å². The minimum absolute atomic E-state index is 0.349. The highest BCUT2D eigenvalue weighted by atomic mass is 35.5. The molecule has 16 heavy (non-hydrogen) atoms. The highest BCUT2D eigenvalue weighted by Crippen LogP contribution is 2.46. The monoisotopic (exact) mass is 239 g/mol. The van der Waals surface area contributed by atoms with E-state index in [-0.39, 0.29) is 12.2 Å². The predicted molar refractivity (Wildman–Crippen MR) is 60.5 cm³/mol. The number of hydrogen-bond donors (Lipinski definition) is 0. The number of nitrogens with zero attached hydrogens (tertiary/aromatic N) is 3. The van der Waals surface area contributed by atoms with Gasteiger partial charge in [0, 0.05) is 6.20 Å². The number of alkyl halides is 1. The summed E-state index contributed by atoms with van der Waals surface area (Å²) in [4.78, 5) is 8.17. The van der Waals surface area contributed by atoms with Crippen molar-refractivity contribution in [1.82, 2.24) is 14.5 Å². The lowest BCUT2D eigenvalue weighted by molar-refractivity contribution is 0.342. The van der Waals surface area contributed by atoms with Gasteiger partial charge in [0.1, 0.15) is 23.8 Å². The second kappa shape index (κ2) is 3.17. The number of fused-ring (bicyclic) bond motifs is 1. The van der Waals surface area contributed by atoms with Crippen molar-refractivity contribution >= 4 is 22.6 Å². The van der Waals surface area contributed by atoms with E-state index in [1.165, 1.54) is 6.33 Å². The van der Waals surface area contributed by atoms with Gasteiger partial charge in [-0.05, 0) is 25.3 Å². The first-order valence-electron chi connectivity index (χ1n) is 5.22. The van der Waals surface area contributed by atoms with Crippen molar-refractivity contribution in [2.45, 2.75) is 25.3 Å². The predicted octanol–water partition coefficient (Wildman–Crippen LogP) is 2.85. The summed E-state index contributed by atoms with van der Waals surface area (Å²) in [5.41, 5.74) is 1.37. The summed E-state index contributed by atoms with van der Waals surface area (Å²) < 4.78 is 15.0. The van der Waals surface area contributed by atoms with Crippen LogP contribution in [0.25, 0.3) is 11.0 Å². The zero-order valence-electron chi connectivity index (χ0n) is 8.87. The van der Waals surface area contributed by atoms with Crippen molar-refractivity contribution in [3.8, 4) is 0 Å². The Morgan fingerprint density at radius 3 is 2.88 bits per heavy atom. The first kappa shape index (κ1) is 10.0. The summed E-state index contributed by atoms with van der Waals surface area (Å²) in [6, 6.07) is 0. The molecule has 1 saturated carbocycles.